The first-order valence-electron chi connectivity index (χ1n) is 6.25. The van der Waals surface area contributed by atoms with Gasteiger partial charge in [0.15, 0.2) is 0 Å². The lowest BCUT2D eigenvalue weighted by Gasteiger charge is -2.22. The Balaban J connectivity index is 2.82. The molecule has 0 heterocycles. The second kappa shape index (κ2) is 6.07. The zero-order valence-corrected chi connectivity index (χ0v) is 12.7. The number of aliphatic hydroxyl groups is 1. The number of hydrogen-bond donors (Lipinski definition) is 3. The van der Waals surface area contributed by atoms with Gasteiger partial charge in [0.1, 0.15) is 10.7 Å². The largest absolute Gasteiger partial charge is 0.398 e. The molecule has 0 spiro atoms. The van der Waals surface area contributed by atoms with Crippen molar-refractivity contribution in [1.82, 2.24) is 4.72 Å². The monoisotopic (exact) mass is 304 g/mol. The standard InChI is InChI=1S/C13H21FN2O3S/c1-13(2,3)7-9(17)8-16-20(18,19)12-10(14)5-4-6-11(12)15/h4-6,9,16-17H,7-8,15H2,1-3H3. The van der Waals surface area contributed by atoms with E-state index in [2.05, 4.69) is 4.72 Å². The van der Waals surface area contributed by atoms with Crippen LogP contribution in [0.2, 0.25) is 0 Å². The van der Waals surface area contributed by atoms with Crippen molar-refractivity contribution < 1.29 is 17.9 Å². The van der Waals surface area contributed by atoms with Crippen molar-refractivity contribution in [2.24, 2.45) is 5.41 Å². The first kappa shape index (κ1) is 16.9. The van der Waals surface area contributed by atoms with Crippen LogP contribution in [0.1, 0.15) is 27.2 Å². The molecule has 114 valence electrons. The summed E-state index contributed by atoms with van der Waals surface area (Å²) in [6.45, 7) is 5.60. The minimum Gasteiger partial charge on any atom is -0.398 e. The molecule has 4 N–H and O–H groups in total. The summed E-state index contributed by atoms with van der Waals surface area (Å²) >= 11 is 0. The highest BCUT2D eigenvalue weighted by Gasteiger charge is 2.24. The first-order chi connectivity index (χ1) is 9.03. The Kier molecular flexibility index (Phi) is 5.12. The van der Waals surface area contributed by atoms with Crippen LogP contribution in [0.15, 0.2) is 23.1 Å². The molecule has 0 saturated heterocycles. The molecule has 1 rings (SSSR count). The van der Waals surface area contributed by atoms with E-state index in [1.54, 1.807) is 0 Å². The number of hydrogen-bond acceptors (Lipinski definition) is 4. The Morgan fingerprint density at radius 3 is 2.50 bits per heavy atom. The summed E-state index contributed by atoms with van der Waals surface area (Å²) < 4.78 is 39.8. The molecule has 0 radical (unpaired) electrons. The fourth-order valence-corrected chi connectivity index (χ4v) is 3.13. The summed E-state index contributed by atoms with van der Waals surface area (Å²) in [4.78, 5) is -0.581. The van der Waals surface area contributed by atoms with Gasteiger partial charge in [0.2, 0.25) is 10.0 Å². The number of benzene rings is 1. The summed E-state index contributed by atoms with van der Waals surface area (Å²) in [5.74, 6) is -0.914. The number of nitrogen functional groups attached to an aromatic ring is 1. The molecule has 0 saturated carbocycles. The van der Waals surface area contributed by atoms with Crippen molar-refractivity contribution in [2.45, 2.75) is 38.2 Å². The second-order valence-electron chi connectivity index (χ2n) is 5.93. The fourth-order valence-electron chi connectivity index (χ4n) is 1.87. The summed E-state index contributed by atoms with van der Waals surface area (Å²) in [5.41, 5.74) is 5.19. The van der Waals surface area contributed by atoms with Crippen LogP contribution in [0.25, 0.3) is 0 Å². The number of nitrogens with two attached hydrogens (primary N) is 1. The van der Waals surface area contributed by atoms with Gasteiger partial charge < -0.3 is 10.8 Å². The molecule has 0 aliphatic carbocycles. The highest BCUT2D eigenvalue weighted by molar-refractivity contribution is 7.89. The Bertz CT molecular complexity index is 547. The van der Waals surface area contributed by atoms with Crippen LogP contribution in [-0.2, 0) is 10.0 Å². The highest BCUT2D eigenvalue weighted by atomic mass is 32.2. The summed E-state index contributed by atoms with van der Waals surface area (Å²) in [7, 11) is -4.08. The van der Waals surface area contributed by atoms with Gasteiger partial charge in [-0.3, -0.25) is 0 Å². The van der Waals surface area contributed by atoms with Crippen LogP contribution < -0.4 is 10.5 Å². The predicted molar refractivity (Wildman–Crippen MR) is 76.1 cm³/mol. The maximum Gasteiger partial charge on any atom is 0.245 e. The summed E-state index contributed by atoms with van der Waals surface area (Å²) in [6, 6.07) is 3.66. The average Bonchev–Trinajstić information content (AvgIpc) is 2.23. The number of rotatable bonds is 5. The average molecular weight is 304 g/mol. The van der Waals surface area contributed by atoms with Crippen molar-refractivity contribution in [3.05, 3.63) is 24.0 Å². The third-order valence-corrected chi connectivity index (χ3v) is 4.14. The van der Waals surface area contributed by atoms with Gasteiger partial charge >= 0.3 is 0 Å². The molecule has 0 fully saturated rings. The lowest BCUT2D eigenvalue weighted by Crippen LogP contribution is -2.34. The van der Waals surface area contributed by atoms with Gasteiger partial charge in [-0.05, 0) is 24.0 Å². The smallest absolute Gasteiger partial charge is 0.245 e. The van der Waals surface area contributed by atoms with Crippen LogP contribution in [0.3, 0.4) is 0 Å². The lowest BCUT2D eigenvalue weighted by atomic mass is 9.89. The van der Waals surface area contributed by atoms with Gasteiger partial charge in [-0.25, -0.2) is 17.5 Å². The third-order valence-electron chi connectivity index (χ3n) is 2.62. The van der Waals surface area contributed by atoms with Crippen LogP contribution >= 0.6 is 0 Å². The molecular weight excluding hydrogens is 283 g/mol. The van der Waals surface area contributed by atoms with Gasteiger partial charge in [0.25, 0.3) is 0 Å². The first-order valence-corrected chi connectivity index (χ1v) is 7.73. The Hall–Kier alpha value is -1.18. The van der Waals surface area contributed by atoms with E-state index in [4.69, 9.17) is 5.73 Å². The maximum absolute atomic E-state index is 13.6. The van der Waals surface area contributed by atoms with Crippen molar-refractivity contribution in [2.75, 3.05) is 12.3 Å². The van der Waals surface area contributed by atoms with Gasteiger partial charge in [0.05, 0.1) is 11.8 Å². The van der Waals surface area contributed by atoms with E-state index in [0.29, 0.717) is 6.42 Å². The van der Waals surface area contributed by atoms with Crippen LogP contribution in [0.5, 0.6) is 0 Å². The van der Waals surface area contributed by atoms with Crippen molar-refractivity contribution in [3.63, 3.8) is 0 Å². The van der Waals surface area contributed by atoms with E-state index >= 15 is 0 Å². The highest BCUT2D eigenvalue weighted by Crippen LogP contribution is 2.23. The van der Waals surface area contributed by atoms with E-state index in [1.165, 1.54) is 12.1 Å². The lowest BCUT2D eigenvalue weighted by molar-refractivity contribution is 0.125. The number of halogens is 1. The molecule has 0 aromatic heterocycles. The van der Waals surface area contributed by atoms with Gasteiger partial charge in [0, 0.05) is 6.54 Å². The number of aliphatic hydroxyl groups excluding tert-OH is 1. The fraction of sp³-hybridized carbons (Fsp3) is 0.538. The van der Waals surface area contributed by atoms with E-state index in [-0.39, 0.29) is 17.6 Å². The molecule has 0 amide bonds. The summed E-state index contributed by atoms with van der Waals surface area (Å²) in [5, 5.41) is 9.78. The second-order valence-corrected chi connectivity index (χ2v) is 7.63. The number of sulfonamides is 1. The SMILES string of the molecule is CC(C)(C)CC(O)CNS(=O)(=O)c1c(N)cccc1F. The predicted octanol–water partition coefficient (Wildman–Crippen LogP) is 1.48. The van der Waals surface area contributed by atoms with Crippen LogP contribution in [-0.4, -0.2) is 26.2 Å². The zero-order valence-electron chi connectivity index (χ0n) is 11.9. The molecule has 1 aromatic rings. The Labute approximate surface area is 119 Å². The molecule has 20 heavy (non-hydrogen) atoms. The van der Waals surface area contributed by atoms with E-state index in [9.17, 15) is 17.9 Å². The minimum atomic E-state index is -4.08. The maximum atomic E-state index is 13.6. The van der Waals surface area contributed by atoms with Crippen molar-refractivity contribution >= 4 is 15.7 Å². The molecule has 0 aliphatic heterocycles. The van der Waals surface area contributed by atoms with E-state index in [0.717, 1.165) is 6.07 Å². The van der Waals surface area contributed by atoms with Crippen molar-refractivity contribution in [1.29, 1.82) is 0 Å². The molecule has 0 aliphatic rings. The van der Waals surface area contributed by atoms with Crippen molar-refractivity contribution in [3.8, 4) is 0 Å². The quantitative estimate of drug-likeness (QED) is 0.718. The summed E-state index contributed by atoms with van der Waals surface area (Å²) in [6.07, 6.45) is -0.430. The normalized spacial score (nSPS) is 14.2. The van der Waals surface area contributed by atoms with Crippen LogP contribution in [0.4, 0.5) is 10.1 Å². The third kappa shape index (κ3) is 4.73. The molecule has 1 unspecified atom stereocenters. The van der Waals surface area contributed by atoms with Gasteiger partial charge in [-0.1, -0.05) is 26.8 Å². The molecule has 1 atom stereocenters. The van der Waals surface area contributed by atoms with E-state index < -0.39 is 26.8 Å². The number of nitrogens with one attached hydrogen (secondary N) is 1. The zero-order chi connectivity index (χ0) is 15.6. The Morgan fingerprint density at radius 1 is 1.40 bits per heavy atom. The van der Waals surface area contributed by atoms with Crippen LogP contribution in [0, 0.1) is 11.2 Å². The molecule has 0 bridgehead atoms. The van der Waals surface area contributed by atoms with Gasteiger partial charge in [-0.2, -0.15) is 0 Å². The topological polar surface area (TPSA) is 92.4 Å². The molecular formula is C13H21FN2O3S. The minimum absolute atomic E-state index is 0.137. The number of anilines is 1. The molecule has 1 aromatic carbocycles. The van der Waals surface area contributed by atoms with E-state index in [1.807, 2.05) is 20.8 Å². The van der Waals surface area contributed by atoms with Gasteiger partial charge in [-0.15, -0.1) is 0 Å². The molecule has 5 nitrogen and oxygen atoms in total. The molecule has 7 heteroatoms. The Morgan fingerprint density at radius 2 is 2.00 bits per heavy atom.